The number of piperidine rings is 1. The molecule has 1 N–H and O–H groups in total. The van der Waals surface area contributed by atoms with Crippen LogP contribution in [0.4, 0.5) is 10.3 Å². The fourth-order valence-corrected chi connectivity index (χ4v) is 5.16. The van der Waals surface area contributed by atoms with E-state index in [0.29, 0.717) is 24.6 Å². The molecule has 2 amide bonds. The molecule has 148 valence electrons. The number of amides is 2. The van der Waals surface area contributed by atoms with Gasteiger partial charge in [-0.1, -0.05) is 17.8 Å². The Kier molecular flexibility index (Phi) is 5.87. The Morgan fingerprint density at radius 2 is 1.85 bits per heavy atom. The first-order valence-corrected chi connectivity index (χ1v) is 10.9. The molecule has 0 bridgehead atoms. The van der Waals surface area contributed by atoms with Crippen molar-refractivity contribution >= 4 is 33.4 Å². The number of hydrogen-bond acceptors (Lipinski definition) is 7. The molecule has 0 saturated carbocycles. The average molecular weight is 393 g/mol. The van der Waals surface area contributed by atoms with Crippen molar-refractivity contribution in [3.8, 4) is 0 Å². The Balaban J connectivity index is 1.32. The maximum atomic E-state index is 12.7. The zero-order chi connectivity index (χ0) is 18.6. The second-order valence-electron chi connectivity index (χ2n) is 7.56. The molecule has 1 aromatic rings. The van der Waals surface area contributed by atoms with Crippen LogP contribution in [0.15, 0.2) is 0 Å². The molecule has 1 atom stereocenters. The highest BCUT2D eigenvalue weighted by Gasteiger charge is 2.34. The molecule has 1 unspecified atom stereocenters. The lowest BCUT2D eigenvalue weighted by Gasteiger charge is -2.27. The summed E-state index contributed by atoms with van der Waals surface area (Å²) in [6.45, 7) is 5.45. The number of hydrogen-bond donors (Lipinski definition) is 1. The highest BCUT2D eigenvalue weighted by molar-refractivity contribution is 7.19. The minimum Gasteiger partial charge on any atom is -0.353 e. The van der Waals surface area contributed by atoms with E-state index in [1.165, 1.54) is 30.6 Å². The molecule has 4 heterocycles. The maximum absolute atomic E-state index is 12.7. The van der Waals surface area contributed by atoms with Crippen LogP contribution in [0.5, 0.6) is 0 Å². The Labute approximate surface area is 163 Å². The van der Waals surface area contributed by atoms with E-state index in [2.05, 4.69) is 25.3 Å². The van der Waals surface area contributed by atoms with Crippen molar-refractivity contribution < 1.29 is 9.59 Å². The van der Waals surface area contributed by atoms with E-state index in [1.54, 1.807) is 4.90 Å². The quantitative estimate of drug-likeness (QED) is 0.784. The van der Waals surface area contributed by atoms with Crippen LogP contribution in [0.25, 0.3) is 0 Å². The molecule has 0 aliphatic carbocycles. The fourth-order valence-electron chi connectivity index (χ4n) is 4.19. The summed E-state index contributed by atoms with van der Waals surface area (Å²) in [6.07, 6.45) is 7.13. The molecule has 4 rings (SSSR count). The Hall–Kier alpha value is -1.74. The molecule has 3 saturated heterocycles. The fraction of sp³-hybridized carbons (Fsp3) is 0.778. The predicted molar refractivity (Wildman–Crippen MR) is 105 cm³/mol. The van der Waals surface area contributed by atoms with Crippen molar-refractivity contribution in [1.29, 1.82) is 0 Å². The number of rotatable bonds is 6. The van der Waals surface area contributed by atoms with Crippen LogP contribution in [-0.2, 0) is 9.59 Å². The third-order valence-electron chi connectivity index (χ3n) is 5.69. The van der Waals surface area contributed by atoms with E-state index in [0.717, 1.165) is 50.6 Å². The van der Waals surface area contributed by atoms with Crippen LogP contribution in [0, 0.1) is 0 Å². The molecule has 9 heteroatoms. The topological polar surface area (TPSA) is 81.7 Å². The smallest absolute Gasteiger partial charge is 0.242 e. The lowest BCUT2D eigenvalue weighted by molar-refractivity contribution is -0.122. The summed E-state index contributed by atoms with van der Waals surface area (Å²) in [5, 5.41) is 13.0. The van der Waals surface area contributed by atoms with Gasteiger partial charge in [-0.3, -0.25) is 14.5 Å². The van der Waals surface area contributed by atoms with Gasteiger partial charge < -0.3 is 15.1 Å². The average Bonchev–Trinajstić information content (AvgIpc) is 3.42. The van der Waals surface area contributed by atoms with Crippen LogP contribution >= 0.6 is 11.3 Å². The molecule has 8 nitrogen and oxygen atoms in total. The standard InChI is InChI=1S/C18H28N6O2S/c25-15-7-5-12-24(15)18-21-20-17(27-18)23-11-4-6-14(23)16(26)19-8-13-22-9-2-1-3-10-22/h14H,1-13H2,(H,19,26). The summed E-state index contributed by atoms with van der Waals surface area (Å²) in [4.78, 5) is 30.8. The van der Waals surface area contributed by atoms with Gasteiger partial charge in [0.2, 0.25) is 22.1 Å². The van der Waals surface area contributed by atoms with Gasteiger partial charge in [-0.25, -0.2) is 0 Å². The van der Waals surface area contributed by atoms with Gasteiger partial charge in [0.05, 0.1) is 0 Å². The van der Waals surface area contributed by atoms with Crippen molar-refractivity contribution in [2.24, 2.45) is 0 Å². The van der Waals surface area contributed by atoms with Crippen molar-refractivity contribution in [2.75, 3.05) is 49.1 Å². The Morgan fingerprint density at radius 1 is 1.04 bits per heavy atom. The number of likely N-dealkylation sites (tertiary alicyclic amines) is 1. The minimum absolute atomic E-state index is 0.0820. The van der Waals surface area contributed by atoms with Crippen molar-refractivity contribution in [1.82, 2.24) is 20.4 Å². The normalized spacial score (nSPS) is 24.0. The summed E-state index contributed by atoms with van der Waals surface area (Å²) >= 11 is 1.42. The van der Waals surface area contributed by atoms with Crippen LogP contribution in [0.1, 0.15) is 44.9 Å². The van der Waals surface area contributed by atoms with Crippen molar-refractivity contribution in [3.05, 3.63) is 0 Å². The van der Waals surface area contributed by atoms with Gasteiger partial charge in [0, 0.05) is 32.6 Å². The predicted octanol–water partition coefficient (Wildman–Crippen LogP) is 1.24. The second-order valence-corrected chi connectivity index (χ2v) is 8.50. The molecular formula is C18H28N6O2S. The molecule has 3 fully saturated rings. The first-order valence-electron chi connectivity index (χ1n) is 10.1. The SMILES string of the molecule is O=C(NCCN1CCCCC1)C1CCCN1c1nnc(N2CCCC2=O)s1. The summed E-state index contributed by atoms with van der Waals surface area (Å²) < 4.78 is 0. The van der Waals surface area contributed by atoms with Gasteiger partial charge in [0.15, 0.2) is 0 Å². The number of nitrogens with zero attached hydrogens (tertiary/aromatic N) is 5. The van der Waals surface area contributed by atoms with Crippen molar-refractivity contribution in [2.45, 2.75) is 51.0 Å². The minimum atomic E-state index is -0.179. The van der Waals surface area contributed by atoms with Gasteiger partial charge in [0.1, 0.15) is 6.04 Å². The lowest BCUT2D eigenvalue weighted by Crippen LogP contribution is -2.46. The zero-order valence-corrected chi connectivity index (χ0v) is 16.5. The number of anilines is 2. The molecule has 3 aliphatic rings. The van der Waals surface area contributed by atoms with E-state index in [9.17, 15) is 9.59 Å². The van der Waals surface area contributed by atoms with E-state index in [1.807, 2.05) is 0 Å². The second kappa shape index (κ2) is 8.52. The molecule has 27 heavy (non-hydrogen) atoms. The number of carbonyl (C=O) groups is 2. The van der Waals surface area contributed by atoms with Gasteiger partial charge in [-0.2, -0.15) is 0 Å². The van der Waals surface area contributed by atoms with Crippen molar-refractivity contribution in [3.63, 3.8) is 0 Å². The van der Waals surface area contributed by atoms with E-state index >= 15 is 0 Å². The van der Waals surface area contributed by atoms with E-state index in [4.69, 9.17) is 0 Å². The molecule has 3 aliphatic heterocycles. The van der Waals surface area contributed by atoms with Crippen LogP contribution in [0.2, 0.25) is 0 Å². The third kappa shape index (κ3) is 4.24. The maximum Gasteiger partial charge on any atom is 0.242 e. The lowest BCUT2D eigenvalue weighted by atomic mass is 10.1. The first-order chi connectivity index (χ1) is 13.2. The third-order valence-corrected chi connectivity index (χ3v) is 6.67. The number of aromatic nitrogens is 2. The zero-order valence-electron chi connectivity index (χ0n) is 15.7. The highest BCUT2D eigenvalue weighted by Crippen LogP contribution is 2.33. The summed E-state index contributed by atoms with van der Waals surface area (Å²) in [6, 6.07) is -0.179. The number of nitrogens with one attached hydrogen (secondary N) is 1. The molecule has 1 aromatic heterocycles. The first kappa shape index (κ1) is 18.6. The summed E-state index contributed by atoms with van der Waals surface area (Å²) in [5.74, 6) is 0.199. The molecule has 0 aromatic carbocycles. The monoisotopic (exact) mass is 392 g/mol. The molecular weight excluding hydrogens is 364 g/mol. The Bertz CT molecular complexity index is 675. The van der Waals surface area contributed by atoms with Crippen LogP contribution in [-0.4, -0.2) is 72.2 Å². The van der Waals surface area contributed by atoms with Gasteiger partial charge >= 0.3 is 0 Å². The molecule has 0 spiro atoms. The molecule has 0 radical (unpaired) electrons. The summed E-state index contributed by atoms with van der Waals surface area (Å²) in [5.41, 5.74) is 0. The van der Waals surface area contributed by atoms with Crippen LogP contribution in [0.3, 0.4) is 0 Å². The highest BCUT2D eigenvalue weighted by atomic mass is 32.1. The Morgan fingerprint density at radius 3 is 2.63 bits per heavy atom. The van der Waals surface area contributed by atoms with E-state index < -0.39 is 0 Å². The summed E-state index contributed by atoms with van der Waals surface area (Å²) in [7, 11) is 0. The van der Waals surface area contributed by atoms with Crippen LogP contribution < -0.4 is 15.1 Å². The largest absolute Gasteiger partial charge is 0.353 e. The van der Waals surface area contributed by atoms with Gasteiger partial charge in [-0.15, -0.1) is 10.2 Å². The van der Waals surface area contributed by atoms with E-state index in [-0.39, 0.29) is 17.9 Å². The van der Waals surface area contributed by atoms with Gasteiger partial charge in [-0.05, 0) is 45.2 Å². The number of carbonyl (C=O) groups excluding carboxylic acids is 2. The van der Waals surface area contributed by atoms with Gasteiger partial charge in [0.25, 0.3) is 0 Å².